The fraction of sp³-hybridized carbons (Fsp3) is 0.318. The number of nitrogens with zero attached hydrogens (tertiary/aromatic N) is 6. The maximum absolute atomic E-state index is 14.2. The van der Waals surface area contributed by atoms with Crippen molar-refractivity contribution >= 4 is 27.2 Å². The average molecular weight is 450 g/mol. The van der Waals surface area contributed by atoms with Crippen LogP contribution in [0.4, 0.5) is 17.3 Å². The molecule has 0 saturated carbocycles. The second-order valence-electron chi connectivity index (χ2n) is 8.07. The lowest BCUT2D eigenvalue weighted by atomic mass is 10.0. The molecule has 2 atom stereocenters. The smallest absolute Gasteiger partial charge is 0.194 e. The van der Waals surface area contributed by atoms with Crippen LogP contribution >= 0.6 is 0 Å². The maximum atomic E-state index is 14.2. The summed E-state index contributed by atoms with van der Waals surface area (Å²) >= 11 is 0. The highest BCUT2D eigenvalue weighted by Gasteiger charge is 2.32. The minimum absolute atomic E-state index is 0.248. The average Bonchev–Trinajstić information content (AvgIpc) is 3.27. The van der Waals surface area contributed by atoms with Gasteiger partial charge >= 0.3 is 0 Å². The first kappa shape index (κ1) is 20.3. The SMILES string of the molecule is Cc1ccc2c(c1)[C@@H](C)Oc1cc(cnc1N)-c1c(nn(C)c1C#N)N=S1(=O)CCCN21. The first-order valence-electron chi connectivity index (χ1n) is 10.3. The summed E-state index contributed by atoms with van der Waals surface area (Å²) in [6.45, 7) is 4.55. The third kappa shape index (κ3) is 3.08. The van der Waals surface area contributed by atoms with Gasteiger partial charge in [0.05, 0.1) is 17.0 Å². The monoisotopic (exact) mass is 449 g/mol. The standard InChI is InChI=1S/C22H23N7O2S/c1-13-5-6-17-16(9-13)14(2)31-19-10-15(12-25-21(19)24)20-18(11-23)28(3)26-22(20)27-32(30)8-4-7-29(17)32/h5-6,9-10,12,14H,4,7-8H2,1-3H3,(H2,24,25)/t14-,32?/m1/s1. The molecule has 2 aliphatic rings. The molecule has 5 rings (SSSR count). The van der Waals surface area contributed by atoms with Gasteiger partial charge in [-0.15, -0.1) is 0 Å². The number of ether oxygens (including phenoxy) is 1. The van der Waals surface area contributed by atoms with Crippen molar-refractivity contribution in [1.29, 1.82) is 5.26 Å². The molecule has 1 unspecified atom stereocenters. The van der Waals surface area contributed by atoms with Gasteiger partial charge in [0.2, 0.25) is 0 Å². The molecule has 1 aromatic carbocycles. The van der Waals surface area contributed by atoms with Gasteiger partial charge in [-0.25, -0.2) is 9.19 Å². The second kappa shape index (κ2) is 7.24. The van der Waals surface area contributed by atoms with Gasteiger partial charge in [-0.2, -0.15) is 14.7 Å². The van der Waals surface area contributed by atoms with E-state index in [1.165, 1.54) is 4.68 Å². The zero-order chi connectivity index (χ0) is 22.6. The summed E-state index contributed by atoms with van der Waals surface area (Å²) in [4.78, 5) is 4.29. The summed E-state index contributed by atoms with van der Waals surface area (Å²) < 4.78 is 28.4. The first-order chi connectivity index (χ1) is 15.3. The molecule has 1 fully saturated rings. The minimum atomic E-state index is -2.83. The van der Waals surface area contributed by atoms with Crippen LogP contribution in [0.3, 0.4) is 0 Å². The van der Waals surface area contributed by atoms with E-state index in [1.54, 1.807) is 19.3 Å². The third-order valence-electron chi connectivity index (χ3n) is 5.84. The Bertz CT molecular complexity index is 1410. The Hall–Kier alpha value is -3.58. The van der Waals surface area contributed by atoms with E-state index < -0.39 is 9.92 Å². The molecule has 9 nitrogen and oxygen atoms in total. The fourth-order valence-corrected chi connectivity index (χ4v) is 6.49. The highest BCUT2D eigenvalue weighted by atomic mass is 32.2. The molecule has 32 heavy (non-hydrogen) atoms. The predicted octanol–water partition coefficient (Wildman–Crippen LogP) is 3.62. The Balaban J connectivity index is 1.88. The Morgan fingerprint density at radius 1 is 1.34 bits per heavy atom. The lowest BCUT2D eigenvalue weighted by Gasteiger charge is -2.27. The summed E-state index contributed by atoms with van der Waals surface area (Å²) in [7, 11) is -1.16. The zero-order valence-corrected chi connectivity index (χ0v) is 18.9. The van der Waals surface area contributed by atoms with Gasteiger partial charge in [-0.05, 0) is 32.4 Å². The normalized spacial score (nSPS) is 21.7. The predicted molar refractivity (Wildman–Crippen MR) is 123 cm³/mol. The van der Waals surface area contributed by atoms with Crippen molar-refractivity contribution in [1.82, 2.24) is 14.8 Å². The highest BCUT2D eigenvalue weighted by Crippen LogP contribution is 2.41. The lowest BCUT2D eigenvalue weighted by molar-refractivity contribution is 0.228. The van der Waals surface area contributed by atoms with Crippen LogP contribution in [-0.4, -0.2) is 31.3 Å². The maximum Gasteiger partial charge on any atom is 0.194 e. The second-order valence-corrected chi connectivity index (χ2v) is 10.3. The summed E-state index contributed by atoms with van der Waals surface area (Å²) in [6.07, 6.45) is 1.92. The van der Waals surface area contributed by atoms with E-state index >= 15 is 0 Å². The van der Waals surface area contributed by atoms with Crippen LogP contribution in [0.1, 0.15) is 36.3 Å². The molecule has 0 amide bonds. The minimum Gasteiger partial charge on any atom is -0.482 e. The van der Waals surface area contributed by atoms with Gasteiger partial charge in [-0.1, -0.05) is 17.7 Å². The Labute approximate surface area is 186 Å². The van der Waals surface area contributed by atoms with E-state index in [0.717, 1.165) is 23.2 Å². The largest absolute Gasteiger partial charge is 0.482 e. The number of nitrogens with two attached hydrogens (primary N) is 1. The van der Waals surface area contributed by atoms with Crippen molar-refractivity contribution in [3.05, 3.63) is 47.3 Å². The number of nitrogen functional groups attached to an aromatic ring is 1. The number of aryl methyl sites for hydroxylation is 2. The molecule has 0 aliphatic carbocycles. The van der Waals surface area contributed by atoms with Crippen LogP contribution in [-0.2, 0) is 17.0 Å². The fourth-order valence-electron chi connectivity index (χ4n) is 4.29. The summed E-state index contributed by atoms with van der Waals surface area (Å²) in [5.41, 5.74) is 10.3. The Kier molecular flexibility index (Phi) is 4.60. The van der Waals surface area contributed by atoms with Crippen molar-refractivity contribution in [2.24, 2.45) is 11.4 Å². The van der Waals surface area contributed by atoms with Crippen LogP contribution < -0.4 is 14.8 Å². The highest BCUT2D eigenvalue weighted by molar-refractivity contribution is 7.95. The molecular weight excluding hydrogens is 426 g/mol. The molecule has 1 saturated heterocycles. The van der Waals surface area contributed by atoms with Crippen molar-refractivity contribution in [2.45, 2.75) is 26.4 Å². The number of aromatic nitrogens is 3. The van der Waals surface area contributed by atoms with Gasteiger partial charge in [0.25, 0.3) is 0 Å². The van der Waals surface area contributed by atoms with E-state index in [9.17, 15) is 9.47 Å². The van der Waals surface area contributed by atoms with Crippen LogP contribution in [0.15, 0.2) is 34.8 Å². The van der Waals surface area contributed by atoms with Gasteiger partial charge < -0.3 is 10.5 Å². The van der Waals surface area contributed by atoms with Crippen molar-refractivity contribution in [3.63, 3.8) is 0 Å². The Morgan fingerprint density at radius 3 is 2.94 bits per heavy atom. The van der Waals surface area contributed by atoms with Crippen LogP contribution in [0, 0.1) is 18.3 Å². The molecule has 2 N–H and O–H groups in total. The number of nitriles is 1. The topological polar surface area (TPSA) is 122 Å². The van der Waals surface area contributed by atoms with Crippen molar-refractivity contribution in [3.8, 4) is 22.9 Å². The van der Waals surface area contributed by atoms with Gasteiger partial charge in [0.15, 0.2) is 17.4 Å². The quantitative estimate of drug-likeness (QED) is 0.559. The molecular formula is C22H23N7O2S. The molecule has 4 heterocycles. The number of hydrogen-bond donors (Lipinski definition) is 1. The first-order valence-corrected chi connectivity index (χ1v) is 12.0. The van der Waals surface area contributed by atoms with E-state index in [-0.39, 0.29) is 17.7 Å². The van der Waals surface area contributed by atoms with Gasteiger partial charge in [0, 0.05) is 30.9 Å². The summed E-state index contributed by atoms with van der Waals surface area (Å²) in [5.74, 6) is 1.32. The molecule has 2 bridgehead atoms. The van der Waals surface area contributed by atoms with E-state index in [4.69, 9.17) is 10.5 Å². The number of hydrogen-bond acceptors (Lipinski definition) is 7. The van der Waals surface area contributed by atoms with Crippen LogP contribution in [0.25, 0.3) is 11.1 Å². The zero-order valence-electron chi connectivity index (χ0n) is 18.1. The van der Waals surface area contributed by atoms with Crippen molar-refractivity contribution < 1.29 is 8.95 Å². The molecule has 10 heteroatoms. The number of rotatable bonds is 0. The number of pyridine rings is 1. The number of benzene rings is 1. The molecule has 3 aromatic rings. The molecule has 0 radical (unpaired) electrons. The summed E-state index contributed by atoms with van der Waals surface area (Å²) in [5, 5.41) is 14.2. The van der Waals surface area contributed by atoms with E-state index in [0.29, 0.717) is 34.9 Å². The Morgan fingerprint density at radius 2 is 2.16 bits per heavy atom. The van der Waals surface area contributed by atoms with Gasteiger partial charge in [0.1, 0.15) is 27.8 Å². The lowest BCUT2D eigenvalue weighted by Crippen LogP contribution is -2.27. The number of fused-ring (bicyclic) bond motifs is 7. The molecule has 164 valence electrons. The van der Waals surface area contributed by atoms with E-state index in [1.807, 2.05) is 36.4 Å². The van der Waals surface area contributed by atoms with Gasteiger partial charge in [-0.3, -0.25) is 8.99 Å². The van der Waals surface area contributed by atoms with E-state index in [2.05, 4.69) is 20.5 Å². The molecule has 2 aromatic heterocycles. The van der Waals surface area contributed by atoms with Crippen LogP contribution in [0.5, 0.6) is 5.75 Å². The summed E-state index contributed by atoms with van der Waals surface area (Å²) in [6, 6.07) is 9.92. The van der Waals surface area contributed by atoms with Crippen LogP contribution in [0.2, 0.25) is 0 Å². The van der Waals surface area contributed by atoms with Crippen molar-refractivity contribution in [2.75, 3.05) is 22.3 Å². The number of anilines is 2. The third-order valence-corrected chi connectivity index (χ3v) is 8.19. The molecule has 2 aliphatic heterocycles. The molecule has 0 spiro atoms.